The van der Waals surface area contributed by atoms with Crippen LogP contribution in [0.25, 0.3) is 0 Å². The fraction of sp³-hybridized carbons (Fsp3) is 1.00. The lowest BCUT2D eigenvalue weighted by atomic mass is 9.73. The van der Waals surface area contributed by atoms with Gasteiger partial charge in [-0.25, -0.2) is 0 Å². The minimum Gasteiger partial charge on any atom is -0.314 e. The van der Waals surface area contributed by atoms with E-state index in [9.17, 15) is 0 Å². The molecule has 1 nitrogen and oxygen atoms in total. The second-order valence-electron chi connectivity index (χ2n) is 6.42. The van der Waals surface area contributed by atoms with Crippen molar-refractivity contribution in [2.75, 3.05) is 6.54 Å². The number of hydrogen-bond acceptors (Lipinski definition) is 1. The van der Waals surface area contributed by atoms with Crippen LogP contribution in [0.5, 0.6) is 0 Å². The van der Waals surface area contributed by atoms with Crippen LogP contribution in [0, 0.1) is 23.7 Å². The van der Waals surface area contributed by atoms with E-state index in [0.29, 0.717) is 6.04 Å². The van der Waals surface area contributed by atoms with E-state index in [4.69, 9.17) is 0 Å². The second kappa shape index (κ2) is 6.64. The zero-order chi connectivity index (χ0) is 12.1. The fourth-order valence-electron chi connectivity index (χ4n) is 2.88. The molecular weight excluding hydrogens is 194 g/mol. The Labute approximate surface area is 102 Å². The summed E-state index contributed by atoms with van der Waals surface area (Å²) in [6, 6.07) is 0.626. The molecule has 2 atom stereocenters. The summed E-state index contributed by atoms with van der Waals surface area (Å²) in [4.78, 5) is 0. The summed E-state index contributed by atoms with van der Waals surface area (Å²) in [7, 11) is 0. The Balaban J connectivity index is 2.29. The summed E-state index contributed by atoms with van der Waals surface area (Å²) in [5, 5.41) is 3.57. The molecule has 1 rings (SSSR count). The van der Waals surface area contributed by atoms with Gasteiger partial charge in [0.25, 0.3) is 0 Å². The molecule has 0 radical (unpaired) electrons. The van der Waals surface area contributed by atoms with Crippen LogP contribution in [0.1, 0.15) is 60.3 Å². The molecule has 0 amide bonds. The highest BCUT2D eigenvalue weighted by molar-refractivity contribution is 4.78. The largest absolute Gasteiger partial charge is 0.314 e. The molecule has 0 aromatic rings. The average Bonchev–Trinajstić information content (AvgIpc) is 2.26. The van der Waals surface area contributed by atoms with Crippen molar-refractivity contribution < 1.29 is 0 Å². The smallest absolute Gasteiger partial charge is 0.00104 e. The quantitative estimate of drug-likeness (QED) is 0.743. The van der Waals surface area contributed by atoms with Gasteiger partial charge in [0.1, 0.15) is 0 Å². The maximum Gasteiger partial charge on any atom is 0.00104 e. The first-order valence-corrected chi connectivity index (χ1v) is 7.24. The van der Waals surface area contributed by atoms with Gasteiger partial charge in [-0.3, -0.25) is 0 Å². The minimum atomic E-state index is 0.626. The van der Waals surface area contributed by atoms with Crippen LogP contribution < -0.4 is 5.32 Å². The van der Waals surface area contributed by atoms with E-state index >= 15 is 0 Å². The van der Waals surface area contributed by atoms with Gasteiger partial charge in [0.15, 0.2) is 0 Å². The molecule has 0 aliphatic heterocycles. The predicted octanol–water partition coefficient (Wildman–Crippen LogP) is 4.08. The zero-order valence-corrected chi connectivity index (χ0v) is 11.9. The Morgan fingerprint density at radius 2 is 1.56 bits per heavy atom. The number of hydrogen-bond donors (Lipinski definition) is 1. The van der Waals surface area contributed by atoms with Crippen molar-refractivity contribution in [2.45, 2.75) is 66.3 Å². The fourth-order valence-corrected chi connectivity index (χ4v) is 2.88. The Morgan fingerprint density at radius 1 is 1.00 bits per heavy atom. The Hall–Kier alpha value is -0.0400. The maximum absolute atomic E-state index is 3.57. The van der Waals surface area contributed by atoms with E-state index < -0.39 is 0 Å². The summed E-state index contributed by atoms with van der Waals surface area (Å²) in [5.41, 5.74) is 0. The van der Waals surface area contributed by atoms with Crippen molar-refractivity contribution in [3.8, 4) is 0 Å². The molecule has 0 spiro atoms. The van der Waals surface area contributed by atoms with Crippen molar-refractivity contribution in [1.29, 1.82) is 0 Å². The molecular formula is C15H31N. The normalized spacial score (nSPS) is 30.4. The highest BCUT2D eigenvalue weighted by Gasteiger charge is 2.26. The number of rotatable bonds is 5. The van der Waals surface area contributed by atoms with Gasteiger partial charge in [-0.05, 0) is 43.1 Å². The zero-order valence-electron chi connectivity index (χ0n) is 11.9. The predicted molar refractivity (Wildman–Crippen MR) is 72.6 cm³/mol. The topological polar surface area (TPSA) is 12.0 Å². The Bertz CT molecular complexity index is 180. The molecule has 0 aromatic carbocycles. The monoisotopic (exact) mass is 225 g/mol. The van der Waals surface area contributed by atoms with Crippen LogP contribution in [0.2, 0.25) is 0 Å². The lowest BCUT2D eigenvalue weighted by molar-refractivity contribution is 0.175. The highest BCUT2D eigenvalue weighted by Crippen LogP contribution is 2.35. The maximum atomic E-state index is 3.57. The molecule has 1 heteroatoms. The molecule has 1 N–H and O–H groups in total. The molecule has 1 aliphatic carbocycles. The minimum absolute atomic E-state index is 0.626. The lowest BCUT2D eigenvalue weighted by Gasteiger charge is -2.34. The molecule has 0 heterocycles. The van der Waals surface area contributed by atoms with Gasteiger partial charge in [0, 0.05) is 6.04 Å². The van der Waals surface area contributed by atoms with Crippen molar-refractivity contribution in [2.24, 2.45) is 23.7 Å². The first-order valence-electron chi connectivity index (χ1n) is 7.24. The van der Waals surface area contributed by atoms with Crippen molar-refractivity contribution in [1.82, 2.24) is 5.32 Å². The van der Waals surface area contributed by atoms with Crippen molar-refractivity contribution in [3.05, 3.63) is 0 Å². The van der Waals surface area contributed by atoms with E-state index in [1.807, 2.05) is 0 Å². The van der Waals surface area contributed by atoms with Crippen molar-refractivity contribution >= 4 is 0 Å². The second-order valence-corrected chi connectivity index (χ2v) is 6.42. The van der Waals surface area contributed by atoms with Crippen LogP contribution in [-0.2, 0) is 0 Å². The van der Waals surface area contributed by atoms with Gasteiger partial charge in [-0.15, -0.1) is 0 Å². The molecule has 0 aromatic heterocycles. The third kappa shape index (κ3) is 4.45. The van der Waals surface area contributed by atoms with E-state index in [-0.39, 0.29) is 0 Å². The summed E-state index contributed by atoms with van der Waals surface area (Å²) < 4.78 is 0. The van der Waals surface area contributed by atoms with Crippen LogP contribution in [-0.4, -0.2) is 12.6 Å². The molecule has 1 aliphatic rings. The first-order chi connectivity index (χ1) is 7.50. The molecule has 2 unspecified atom stereocenters. The van der Waals surface area contributed by atoms with Gasteiger partial charge in [0.05, 0.1) is 0 Å². The lowest BCUT2D eigenvalue weighted by Crippen LogP contribution is -2.33. The summed E-state index contributed by atoms with van der Waals surface area (Å²) in [6.07, 6.45) is 5.85. The molecule has 0 bridgehead atoms. The molecule has 1 saturated carbocycles. The molecule has 96 valence electrons. The molecule has 1 fully saturated rings. The molecule has 16 heavy (non-hydrogen) atoms. The third-order valence-electron chi connectivity index (χ3n) is 4.55. The van der Waals surface area contributed by atoms with E-state index in [1.165, 1.54) is 32.2 Å². The van der Waals surface area contributed by atoms with Gasteiger partial charge < -0.3 is 5.32 Å². The third-order valence-corrected chi connectivity index (χ3v) is 4.55. The average molecular weight is 225 g/mol. The Kier molecular flexibility index (Phi) is 5.82. The first kappa shape index (κ1) is 14.0. The summed E-state index contributed by atoms with van der Waals surface area (Å²) >= 11 is 0. The van der Waals surface area contributed by atoms with Gasteiger partial charge >= 0.3 is 0 Å². The van der Waals surface area contributed by atoms with Crippen LogP contribution in [0.3, 0.4) is 0 Å². The van der Waals surface area contributed by atoms with Gasteiger partial charge in [0.2, 0.25) is 0 Å². The van der Waals surface area contributed by atoms with Crippen molar-refractivity contribution in [3.63, 3.8) is 0 Å². The van der Waals surface area contributed by atoms with Gasteiger partial charge in [-0.2, -0.15) is 0 Å². The van der Waals surface area contributed by atoms with Crippen LogP contribution >= 0.6 is 0 Å². The highest BCUT2D eigenvalue weighted by atomic mass is 14.9. The summed E-state index contributed by atoms with van der Waals surface area (Å²) in [6.45, 7) is 12.9. The molecule has 0 saturated heterocycles. The van der Waals surface area contributed by atoms with Crippen LogP contribution in [0.4, 0.5) is 0 Å². The van der Waals surface area contributed by atoms with E-state index in [0.717, 1.165) is 23.7 Å². The SMILES string of the molecule is CC1CCC(C(C)C(C)CNC(C)C)CC1. The summed E-state index contributed by atoms with van der Waals surface area (Å²) in [5.74, 6) is 3.67. The standard InChI is InChI=1S/C15H31N/c1-11(2)16-10-13(4)14(5)15-8-6-12(3)7-9-15/h11-16H,6-10H2,1-5H3. The van der Waals surface area contributed by atoms with Crippen LogP contribution in [0.15, 0.2) is 0 Å². The van der Waals surface area contributed by atoms with E-state index in [2.05, 4.69) is 39.9 Å². The number of nitrogens with one attached hydrogen (secondary N) is 1. The van der Waals surface area contributed by atoms with Gasteiger partial charge in [-0.1, -0.05) is 47.5 Å². The Morgan fingerprint density at radius 3 is 2.06 bits per heavy atom. The van der Waals surface area contributed by atoms with E-state index in [1.54, 1.807) is 0 Å².